The van der Waals surface area contributed by atoms with E-state index in [-0.39, 0.29) is 18.1 Å². The summed E-state index contributed by atoms with van der Waals surface area (Å²) in [5, 5.41) is 14.2. The van der Waals surface area contributed by atoms with Gasteiger partial charge in [-0.3, -0.25) is 0 Å². The molecule has 0 saturated carbocycles. The van der Waals surface area contributed by atoms with E-state index in [2.05, 4.69) is 5.10 Å². The zero-order valence-electron chi connectivity index (χ0n) is 11.2. The molecule has 0 aromatic carbocycles. The van der Waals surface area contributed by atoms with Crippen LogP contribution in [0.5, 0.6) is 0 Å². The number of nitrogens with zero attached hydrogens (tertiary/aromatic N) is 2. The topological polar surface area (TPSA) is 72.2 Å². The molecular formula is C12H19ClN2O3S. The molecule has 1 aliphatic rings. The lowest BCUT2D eigenvalue weighted by Gasteiger charge is -2.23. The molecule has 7 heteroatoms. The summed E-state index contributed by atoms with van der Waals surface area (Å²) in [6.07, 6.45) is 2.13. The van der Waals surface area contributed by atoms with E-state index in [9.17, 15) is 13.5 Å². The number of rotatable bonds is 4. The Kier molecular flexibility index (Phi) is 3.95. The van der Waals surface area contributed by atoms with E-state index in [0.29, 0.717) is 17.1 Å². The molecule has 0 aliphatic carbocycles. The largest absolute Gasteiger partial charge is 0.391 e. The van der Waals surface area contributed by atoms with Gasteiger partial charge in [0, 0.05) is 5.56 Å². The van der Waals surface area contributed by atoms with Crippen LogP contribution < -0.4 is 0 Å². The van der Waals surface area contributed by atoms with Crippen molar-refractivity contribution in [2.45, 2.75) is 45.3 Å². The first-order valence-corrected chi connectivity index (χ1v) is 8.61. The number of sulfone groups is 1. The van der Waals surface area contributed by atoms with Gasteiger partial charge in [-0.1, -0.05) is 24.9 Å². The second-order valence-electron chi connectivity index (χ2n) is 5.37. The maximum atomic E-state index is 11.7. The predicted molar refractivity (Wildman–Crippen MR) is 74.1 cm³/mol. The van der Waals surface area contributed by atoms with Crippen molar-refractivity contribution >= 4 is 21.4 Å². The van der Waals surface area contributed by atoms with E-state index >= 15 is 0 Å². The maximum absolute atomic E-state index is 11.7. The Bertz CT molecular complexity index is 582. The second kappa shape index (κ2) is 5.07. The number of hydrogen-bond donors (Lipinski definition) is 1. The van der Waals surface area contributed by atoms with E-state index in [1.807, 2.05) is 13.8 Å². The van der Waals surface area contributed by atoms with E-state index in [4.69, 9.17) is 11.6 Å². The number of halogens is 1. The van der Waals surface area contributed by atoms with Crippen LogP contribution in [0.1, 0.15) is 37.9 Å². The third kappa shape index (κ3) is 2.66. The number of hydrogen-bond acceptors (Lipinski definition) is 4. The lowest BCUT2D eigenvalue weighted by atomic mass is 10.0. The second-order valence-corrected chi connectivity index (χ2v) is 7.92. The molecule has 1 aromatic rings. The summed E-state index contributed by atoms with van der Waals surface area (Å²) in [6.45, 7) is 3.71. The molecule has 5 nitrogen and oxygen atoms in total. The molecular weight excluding hydrogens is 288 g/mol. The quantitative estimate of drug-likeness (QED) is 0.915. The number of aryl methyl sites for hydroxylation is 1. The summed E-state index contributed by atoms with van der Waals surface area (Å²) >= 11 is 6.27. The highest BCUT2D eigenvalue weighted by Gasteiger charge is 2.42. The Morgan fingerprint density at radius 1 is 1.53 bits per heavy atom. The molecule has 1 atom stereocenters. The average molecular weight is 307 g/mol. The number of aromatic nitrogens is 2. The van der Waals surface area contributed by atoms with Crippen molar-refractivity contribution in [3.63, 3.8) is 0 Å². The molecule has 1 unspecified atom stereocenters. The van der Waals surface area contributed by atoms with Gasteiger partial charge in [0.2, 0.25) is 0 Å². The van der Waals surface area contributed by atoms with Crippen molar-refractivity contribution in [1.82, 2.24) is 9.78 Å². The average Bonchev–Trinajstić information content (AvgIpc) is 2.78. The van der Waals surface area contributed by atoms with Crippen molar-refractivity contribution in [3.05, 3.63) is 16.4 Å². The van der Waals surface area contributed by atoms with Crippen LogP contribution >= 0.6 is 11.6 Å². The van der Waals surface area contributed by atoms with Gasteiger partial charge < -0.3 is 5.11 Å². The maximum Gasteiger partial charge on any atom is 0.152 e. The first kappa shape index (κ1) is 14.8. The fraction of sp³-hybridized carbons (Fsp3) is 0.750. The third-order valence-corrected chi connectivity index (χ3v) is 5.92. The first-order valence-electron chi connectivity index (χ1n) is 6.41. The molecule has 0 bridgehead atoms. The number of aliphatic hydroxyl groups excluding tert-OH is 1. The minimum absolute atomic E-state index is 0.0534. The van der Waals surface area contributed by atoms with Crippen LogP contribution in [0.4, 0.5) is 0 Å². The van der Waals surface area contributed by atoms with Gasteiger partial charge in [-0.05, 0) is 19.8 Å². The zero-order valence-corrected chi connectivity index (χ0v) is 12.8. The standard InChI is InChI=1S/C12H19ClN2O3S/c1-3-4-10-9(7-16)11(13)15(14-10)12(2)5-6-19(17,18)8-12/h16H,3-8H2,1-2H3. The Morgan fingerprint density at radius 2 is 2.21 bits per heavy atom. The Hall–Kier alpha value is -0.590. The molecule has 0 spiro atoms. The van der Waals surface area contributed by atoms with Gasteiger partial charge in [0.25, 0.3) is 0 Å². The van der Waals surface area contributed by atoms with Crippen LogP contribution in [-0.4, -0.2) is 34.8 Å². The van der Waals surface area contributed by atoms with E-state index in [1.54, 1.807) is 4.68 Å². The first-order chi connectivity index (χ1) is 8.83. The van der Waals surface area contributed by atoms with Crippen molar-refractivity contribution in [2.75, 3.05) is 11.5 Å². The molecule has 1 aliphatic heterocycles. The van der Waals surface area contributed by atoms with Crippen LogP contribution in [0.2, 0.25) is 5.15 Å². The van der Waals surface area contributed by atoms with Crippen LogP contribution in [-0.2, 0) is 28.4 Å². The summed E-state index contributed by atoms with van der Waals surface area (Å²) in [4.78, 5) is 0. The van der Waals surface area contributed by atoms with Gasteiger partial charge in [0.05, 0.1) is 29.3 Å². The van der Waals surface area contributed by atoms with Crippen LogP contribution in [0.25, 0.3) is 0 Å². The summed E-state index contributed by atoms with van der Waals surface area (Å²) in [5.74, 6) is 0.217. The van der Waals surface area contributed by atoms with Gasteiger partial charge in [0.15, 0.2) is 9.84 Å². The summed E-state index contributed by atoms with van der Waals surface area (Å²) in [7, 11) is -3.02. The van der Waals surface area contributed by atoms with Crippen molar-refractivity contribution in [3.8, 4) is 0 Å². The summed E-state index contributed by atoms with van der Waals surface area (Å²) < 4.78 is 25.0. The minimum Gasteiger partial charge on any atom is -0.391 e. The zero-order chi connectivity index (χ0) is 14.3. The van der Waals surface area contributed by atoms with Gasteiger partial charge in [-0.15, -0.1) is 0 Å². The number of aliphatic hydroxyl groups is 1. The molecule has 0 amide bonds. The highest BCUT2D eigenvalue weighted by Crippen LogP contribution is 2.35. The molecule has 2 rings (SSSR count). The molecule has 108 valence electrons. The molecule has 1 fully saturated rings. The molecule has 0 radical (unpaired) electrons. The van der Waals surface area contributed by atoms with Crippen LogP contribution in [0.15, 0.2) is 0 Å². The lowest BCUT2D eigenvalue weighted by Crippen LogP contribution is -2.32. The van der Waals surface area contributed by atoms with Gasteiger partial charge >= 0.3 is 0 Å². The Balaban J connectivity index is 2.46. The Labute approximate surface area is 118 Å². The van der Waals surface area contributed by atoms with Gasteiger partial charge in [0.1, 0.15) is 5.15 Å². The van der Waals surface area contributed by atoms with Crippen LogP contribution in [0, 0.1) is 0 Å². The van der Waals surface area contributed by atoms with Crippen molar-refractivity contribution in [1.29, 1.82) is 0 Å². The summed E-state index contributed by atoms with van der Waals surface area (Å²) in [6, 6.07) is 0. The van der Waals surface area contributed by atoms with Gasteiger partial charge in [-0.2, -0.15) is 5.10 Å². The van der Waals surface area contributed by atoms with E-state index in [0.717, 1.165) is 18.5 Å². The van der Waals surface area contributed by atoms with E-state index < -0.39 is 15.4 Å². The molecule has 1 aromatic heterocycles. The molecule has 1 saturated heterocycles. The smallest absolute Gasteiger partial charge is 0.152 e. The van der Waals surface area contributed by atoms with E-state index in [1.165, 1.54) is 0 Å². The highest BCUT2D eigenvalue weighted by molar-refractivity contribution is 7.91. The summed E-state index contributed by atoms with van der Waals surface area (Å²) in [5.41, 5.74) is 0.779. The fourth-order valence-corrected chi connectivity index (χ4v) is 5.10. The fourth-order valence-electron chi connectivity index (χ4n) is 2.58. The van der Waals surface area contributed by atoms with Crippen molar-refractivity contribution < 1.29 is 13.5 Å². The predicted octanol–water partition coefficient (Wildman–Crippen LogP) is 1.52. The molecule has 19 heavy (non-hydrogen) atoms. The third-order valence-electron chi connectivity index (χ3n) is 3.64. The van der Waals surface area contributed by atoms with Crippen LogP contribution in [0.3, 0.4) is 0 Å². The highest BCUT2D eigenvalue weighted by atomic mass is 35.5. The molecule has 2 heterocycles. The molecule has 1 N–H and O–H groups in total. The monoisotopic (exact) mass is 306 g/mol. The van der Waals surface area contributed by atoms with Gasteiger partial charge in [-0.25, -0.2) is 13.1 Å². The Morgan fingerprint density at radius 3 is 2.68 bits per heavy atom. The SMILES string of the molecule is CCCc1nn(C2(C)CCS(=O)(=O)C2)c(Cl)c1CO. The lowest BCUT2D eigenvalue weighted by molar-refractivity contribution is 0.279. The van der Waals surface area contributed by atoms with Crippen molar-refractivity contribution in [2.24, 2.45) is 0 Å². The normalized spacial score (nSPS) is 25.9. The minimum atomic E-state index is -3.02.